The van der Waals surface area contributed by atoms with Gasteiger partial charge in [0.05, 0.1) is 0 Å². The Morgan fingerprint density at radius 1 is 1.25 bits per heavy atom. The van der Waals surface area contributed by atoms with Crippen LogP contribution in [0.25, 0.3) is 0 Å². The third-order valence-electron chi connectivity index (χ3n) is 2.56. The van der Waals surface area contributed by atoms with Crippen LogP contribution in [0.3, 0.4) is 0 Å². The third kappa shape index (κ3) is 4.07. The number of nitrogens with one attached hydrogen (secondary N) is 1. The van der Waals surface area contributed by atoms with Crippen LogP contribution in [0.5, 0.6) is 0 Å². The van der Waals surface area contributed by atoms with Gasteiger partial charge in [-0.05, 0) is 38.6 Å². The fraction of sp³-hybridized carbons (Fsp3) is 1.00. The molecule has 1 fully saturated rings. The van der Waals surface area contributed by atoms with E-state index in [1.807, 2.05) is 0 Å². The predicted octanol–water partition coefficient (Wildman–Crippen LogP) is 1.95. The van der Waals surface area contributed by atoms with E-state index in [0.717, 1.165) is 12.6 Å². The number of methoxy groups -OCH3 is 1. The van der Waals surface area contributed by atoms with Gasteiger partial charge in [0.25, 0.3) is 0 Å². The van der Waals surface area contributed by atoms with Crippen molar-refractivity contribution >= 4 is 0 Å². The van der Waals surface area contributed by atoms with Crippen molar-refractivity contribution in [2.24, 2.45) is 0 Å². The summed E-state index contributed by atoms with van der Waals surface area (Å²) < 4.78 is 4.98. The summed E-state index contributed by atoms with van der Waals surface area (Å²) in [6, 6.07) is 0.854. The van der Waals surface area contributed by atoms with Crippen molar-refractivity contribution in [1.82, 2.24) is 5.32 Å². The molecule has 1 rings (SSSR count). The van der Waals surface area contributed by atoms with E-state index >= 15 is 0 Å². The monoisotopic (exact) mass is 171 g/mol. The van der Waals surface area contributed by atoms with Crippen LogP contribution in [-0.4, -0.2) is 26.3 Å². The van der Waals surface area contributed by atoms with Gasteiger partial charge >= 0.3 is 0 Å². The molecule has 0 aromatic rings. The quantitative estimate of drug-likeness (QED) is 0.591. The summed E-state index contributed by atoms with van der Waals surface area (Å²) in [4.78, 5) is 0. The molecule has 1 aliphatic rings. The minimum Gasteiger partial charge on any atom is -0.385 e. The number of ether oxygens (including phenoxy) is 1. The maximum absolute atomic E-state index is 4.98. The van der Waals surface area contributed by atoms with Crippen LogP contribution in [0.2, 0.25) is 0 Å². The van der Waals surface area contributed by atoms with E-state index in [1.165, 1.54) is 45.1 Å². The minimum atomic E-state index is 0.854. The largest absolute Gasteiger partial charge is 0.385 e. The molecule has 2 heteroatoms. The zero-order valence-corrected chi connectivity index (χ0v) is 8.14. The van der Waals surface area contributed by atoms with Crippen LogP contribution in [0.1, 0.15) is 38.5 Å². The molecule has 1 aliphatic carbocycles. The molecule has 0 atom stereocenters. The maximum Gasteiger partial charge on any atom is 0.0462 e. The number of unbranched alkanes of at least 4 members (excludes halogenated alkanes) is 2. The highest BCUT2D eigenvalue weighted by molar-refractivity contribution is 4.75. The van der Waals surface area contributed by atoms with Gasteiger partial charge in [0.2, 0.25) is 0 Å². The first-order valence-electron chi connectivity index (χ1n) is 5.16. The lowest BCUT2D eigenvalue weighted by Crippen LogP contribution is -2.35. The van der Waals surface area contributed by atoms with Crippen LogP contribution in [0.15, 0.2) is 0 Å². The molecule has 1 saturated carbocycles. The molecular weight excluding hydrogens is 150 g/mol. The minimum absolute atomic E-state index is 0.854. The molecular formula is C10H21NO. The highest BCUT2D eigenvalue weighted by Gasteiger charge is 2.15. The Balaban J connectivity index is 1.70. The van der Waals surface area contributed by atoms with Crippen LogP contribution in [0.4, 0.5) is 0 Å². The van der Waals surface area contributed by atoms with Gasteiger partial charge < -0.3 is 10.1 Å². The summed E-state index contributed by atoms with van der Waals surface area (Å²) in [5.41, 5.74) is 0. The first kappa shape index (κ1) is 10.0. The average molecular weight is 171 g/mol. The number of hydrogen-bond acceptors (Lipinski definition) is 2. The molecule has 0 aromatic heterocycles. The van der Waals surface area contributed by atoms with Crippen molar-refractivity contribution in [3.8, 4) is 0 Å². The zero-order valence-electron chi connectivity index (χ0n) is 8.14. The lowest BCUT2D eigenvalue weighted by molar-refractivity contribution is 0.191. The summed E-state index contributed by atoms with van der Waals surface area (Å²) in [6.07, 6.45) is 8.05. The first-order valence-corrected chi connectivity index (χ1v) is 5.16. The van der Waals surface area contributed by atoms with E-state index in [4.69, 9.17) is 4.74 Å². The van der Waals surface area contributed by atoms with Crippen molar-refractivity contribution in [2.75, 3.05) is 20.3 Å². The molecule has 0 unspecified atom stereocenters. The van der Waals surface area contributed by atoms with Crippen molar-refractivity contribution in [3.63, 3.8) is 0 Å². The Morgan fingerprint density at radius 2 is 2.08 bits per heavy atom. The molecule has 0 aliphatic heterocycles. The van der Waals surface area contributed by atoms with Gasteiger partial charge in [0.15, 0.2) is 0 Å². The Morgan fingerprint density at radius 3 is 2.67 bits per heavy atom. The van der Waals surface area contributed by atoms with Crippen molar-refractivity contribution in [2.45, 2.75) is 44.6 Å². The van der Waals surface area contributed by atoms with Gasteiger partial charge in [-0.3, -0.25) is 0 Å². The van der Waals surface area contributed by atoms with Crippen molar-refractivity contribution in [1.29, 1.82) is 0 Å². The lowest BCUT2D eigenvalue weighted by Gasteiger charge is -2.26. The Bertz CT molecular complexity index is 102. The van der Waals surface area contributed by atoms with Gasteiger partial charge in [0, 0.05) is 19.8 Å². The van der Waals surface area contributed by atoms with E-state index in [9.17, 15) is 0 Å². The highest BCUT2D eigenvalue weighted by atomic mass is 16.5. The lowest BCUT2D eigenvalue weighted by atomic mass is 9.93. The third-order valence-corrected chi connectivity index (χ3v) is 2.56. The standard InChI is InChI=1S/C10H21NO/c1-12-9-4-2-3-8-11-10-6-5-7-10/h10-11H,2-9H2,1H3. The molecule has 0 heterocycles. The Kier molecular flexibility index (Phi) is 5.37. The second kappa shape index (κ2) is 6.44. The molecule has 0 bridgehead atoms. The fourth-order valence-corrected chi connectivity index (χ4v) is 1.47. The fourth-order valence-electron chi connectivity index (χ4n) is 1.47. The number of hydrogen-bond donors (Lipinski definition) is 1. The molecule has 0 amide bonds. The molecule has 0 saturated heterocycles. The normalized spacial score (nSPS) is 17.8. The molecule has 72 valence electrons. The van der Waals surface area contributed by atoms with Crippen LogP contribution >= 0.6 is 0 Å². The molecule has 1 N–H and O–H groups in total. The van der Waals surface area contributed by atoms with Gasteiger partial charge in [-0.15, -0.1) is 0 Å². The van der Waals surface area contributed by atoms with Crippen LogP contribution < -0.4 is 5.32 Å². The summed E-state index contributed by atoms with van der Waals surface area (Å²) in [5, 5.41) is 3.56. The van der Waals surface area contributed by atoms with Crippen LogP contribution in [0, 0.1) is 0 Å². The molecule has 0 spiro atoms. The van der Waals surface area contributed by atoms with Gasteiger partial charge in [-0.25, -0.2) is 0 Å². The van der Waals surface area contributed by atoms with E-state index in [-0.39, 0.29) is 0 Å². The zero-order chi connectivity index (χ0) is 8.65. The van der Waals surface area contributed by atoms with Gasteiger partial charge in [-0.2, -0.15) is 0 Å². The van der Waals surface area contributed by atoms with Gasteiger partial charge in [0.1, 0.15) is 0 Å². The highest BCUT2D eigenvalue weighted by Crippen LogP contribution is 2.17. The molecule has 2 nitrogen and oxygen atoms in total. The van der Waals surface area contributed by atoms with Gasteiger partial charge in [-0.1, -0.05) is 6.42 Å². The van der Waals surface area contributed by atoms with E-state index in [1.54, 1.807) is 7.11 Å². The van der Waals surface area contributed by atoms with E-state index < -0.39 is 0 Å². The molecule has 0 radical (unpaired) electrons. The van der Waals surface area contributed by atoms with Crippen LogP contribution in [-0.2, 0) is 4.74 Å². The van der Waals surface area contributed by atoms with Crippen molar-refractivity contribution < 1.29 is 4.74 Å². The maximum atomic E-state index is 4.98. The molecule has 0 aromatic carbocycles. The molecule has 12 heavy (non-hydrogen) atoms. The van der Waals surface area contributed by atoms with Crippen molar-refractivity contribution in [3.05, 3.63) is 0 Å². The summed E-state index contributed by atoms with van der Waals surface area (Å²) in [5.74, 6) is 0. The summed E-state index contributed by atoms with van der Waals surface area (Å²) in [7, 11) is 1.77. The Hall–Kier alpha value is -0.0800. The smallest absolute Gasteiger partial charge is 0.0462 e. The topological polar surface area (TPSA) is 21.3 Å². The van der Waals surface area contributed by atoms with E-state index in [0.29, 0.717) is 0 Å². The number of rotatable bonds is 7. The second-order valence-corrected chi connectivity index (χ2v) is 3.64. The second-order valence-electron chi connectivity index (χ2n) is 3.64. The SMILES string of the molecule is COCCCCCNC1CCC1. The summed E-state index contributed by atoms with van der Waals surface area (Å²) >= 11 is 0. The van der Waals surface area contributed by atoms with E-state index in [2.05, 4.69) is 5.32 Å². The Labute approximate surface area is 75.7 Å². The summed E-state index contributed by atoms with van der Waals surface area (Å²) in [6.45, 7) is 2.12. The average Bonchev–Trinajstić information content (AvgIpc) is 2.00. The predicted molar refractivity (Wildman–Crippen MR) is 51.4 cm³/mol. The first-order chi connectivity index (χ1) is 5.93.